The molecule has 0 atom stereocenters. The van der Waals surface area contributed by atoms with Gasteiger partial charge >= 0.3 is 5.97 Å². The van der Waals surface area contributed by atoms with Gasteiger partial charge in [0.2, 0.25) is 5.91 Å². The Bertz CT molecular complexity index is 1840. The van der Waals surface area contributed by atoms with Gasteiger partial charge in [-0.25, -0.2) is 4.79 Å². The summed E-state index contributed by atoms with van der Waals surface area (Å²) in [6, 6.07) is 30.9. The smallest absolute Gasteiger partial charge is 0.337 e. The number of aryl methyl sites for hydroxylation is 1. The molecule has 1 fully saturated rings. The van der Waals surface area contributed by atoms with Gasteiger partial charge in [0.25, 0.3) is 5.91 Å². The number of hydrogen-bond acceptors (Lipinski definition) is 5. The van der Waals surface area contributed by atoms with E-state index in [0.29, 0.717) is 30.3 Å². The van der Waals surface area contributed by atoms with Crippen LogP contribution in [0.1, 0.15) is 39.3 Å². The van der Waals surface area contributed by atoms with Gasteiger partial charge in [0.1, 0.15) is 29.0 Å². The summed E-state index contributed by atoms with van der Waals surface area (Å²) in [5.74, 6) is 0.646. The second-order valence-electron chi connectivity index (χ2n) is 11.0. The Hall–Kier alpha value is -5.57. The number of fused-ring (bicyclic) bond motifs is 1. The summed E-state index contributed by atoms with van der Waals surface area (Å²) in [5, 5.41) is 13.0. The summed E-state index contributed by atoms with van der Waals surface area (Å²) in [7, 11) is 1.93. The van der Waals surface area contributed by atoms with E-state index < -0.39 is 5.97 Å². The Labute approximate surface area is 260 Å². The lowest BCUT2D eigenvalue weighted by Gasteiger charge is -2.32. The number of nitrogens with zero attached hydrogens (tertiary/aromatic N) is 2. The number of amides is 2. The molecule has 1 aliphatic rings. The van der Waals surface area contributed by atoms with Crippen LogP contribution in [0.5, 0.6) is 17.2 Å². The first kappa shape index (κ1) is 29.5. The highest BCUT2D eigenvalue weighted by molar-refractivity contribution is 6.01. The first-order valence-electron chi connectivity index (χ1n) is 14.8. The van der Waals surface area contributed by atoms with E-state index in [2.05, 4.69) is 5.32 Å². The fourth-order valence-corrected chi connectivity index (χ4v) is 5.58. The van der Waals surface area contributed by atoms with Gasteiger partial charge in [-0.3, -0.25) is 9.59 Å². The lowest BCUT2D eigenvalue weighted by molar-refractivity contribution is -0.115. The molecule has 9 nitrogen and oxygen atoms in total. The van der Waals surface area contributed by atoms with Crippen molar-refractivity contribution in [3.05, 3.63) is 120 Å². The quantitative estimate of drug-likeness (QED) is 0.198. The van der Waals surface area contributed by atoms with Crippen molar-refractivity contribution in [3.63, 3.8) is 0 Å². The van der Waals surface area contributed by atoms with E-state index in [1.165, 1.54) is 6.07 Å². The van der Waals surface area contributed by atoms with E-state index in [1.807, 2.05) is 71.1 Å². The summed E-state index contributed by atoms with van der Waals surface area (Å²) in [4.78, 5) is 39.0. The van der Waals surface area contributed by atoms with Crippen molar-refractivity contribution in [2.45, 2.75) is 25.4 Å². The van der Waals surface area contributed by atoms with Crippen LogP contribution in [0, 0.1) is 0 Å². The molecule has 0 aliphatic carbocycles. The molecule has 0 spiro atoms. The van der Waals surface area contributed by atoms with Crippen LogP contribution in [0.4, 0.5) is 5.69 Å². The highest BCUT2D eigenvalue weighted by Crippen LogP contribution is 2.27. The molecule has 1 aromatic heterocycles. The number of carboxylic acids is 1. The summed E-state index contributed by atoms with van der Waals surface area (Å²) in [6.45, 7) is 1.28. The van der Waals surface area contributed by atoms with Crippen LogP contribution in [-0.4, -0.2) is 51.6 Å². The monoisotopic (exact) mass is 603 g/mol. The van der Waals surface area contributed by atoms with Crippen LogP contribution in [0.2, 0.25) is 0 Å². The van der Waals surface area contributed by atoms with Gasteiger partial charge in [0.15, 0.2) is 0 Å². The molecule has 228 valence electrons. The minimum atomic E-state index is -1.10. The Morgan fingerprint density at radius 1 is 0.822 bits per heavy atom. The van der Waals surface area contributed by atoms with Crippen molar-refractivity contribution < 1.29 is 29.0 Å². The number of aromatic carboxylic acids is 1. The number of aromatic nitrogens is 1. The molecular formula is C36H33N3O6. The molecule has 1 aliphatic heterocycles. The third-order valence-corrected chi connectivity index (χ3v) is 7.98. The standard InChI is InChI=1S/C36H33N3O6/c1-38-32-9-5-2-6-25(32)23-33(38)35(41)39-20-18-29(19-21-39)45-28-16-14-27(15-17-28)44-26-12-10-24(11-13-26)22-34(40)37-31-8-4-3-7-30(31)36(42)43/h2-17,23,29H,18-22H2,1H3,(H,37,40)(H,42,43). The van der Waals surface area contributed by atoms with Gasteiger partial charge in [-0.1, -0.05) is 42.5 Å². The second-order valence-corrected chi connectivity index (χ2v) is 11.0. The van der Waals surface area contributed by atoms with E-state index in [9.17, 15) is 19.5 Å². The maximum Gasteiger partial charge on any atom is 0.337 e. The molecule has 6 rings (SSSR count). The Balaban J connectivity index is 0.972. The minimum Gasteiger partial charge on any atom is -0.490 e. The van der Waals surface area contributed by atoms with Crippen molar-refractivity contribution >= 4 is 34.4 Å². The summed E-state index contributed by atoms with van der Waals surface area (Å²) in [6.07, 6.45) is 1.63. The number of carboxylic acid groups (broad SMARTS) is 1. The van der Waals surface area contributed by atoms with Crippen LogP contribution < -0.4 is 14.8 Å². The third-order valence-electron chi connectivity index (χ3n) is 7.98. The second kappa shape index (κ2) is 13.0. The summed E-state index contributed by atoms with van der Waals surface area (Å²) >= 11 is 0. The number of likely N-dealkylation sites (tertiary alicyclic amines) is 1. The maximum atomic E-state index is 13.2. The average molecular weight is 604 g/mol. The first-order valence-corrected chi connectivity index (χ1v) is 14.8. The molecule has 0 bridgehead atoms. The van der Waals surface area contributed by atoms with E-state index >= 15 is 0 Å². The van der Waals surface area contributed by atoms with Crippen molar-refractivity contribution in [3.8, 4) is 17.2 Å². The zero-order chi connectivity index (χ0) is 31.3. The molecule has 0 radical (unpaired) electrons. The first-order chi connectivity index (χ1) is 21.8. The van der Waals surface area contributed by atoms with Crippen LogP contribution in [0.3, 0.4) is 0 Å². The van der Waals surface area contributed by atoms with Crippen molar-refractivity contribution in [2.24, 2.45) is 7.05 Å². The lowest BCUT2D eigenvalue weighted by atomic mass is 10.1. The van der Waals surface area contributed by atoms with Crippen LogP contribution in [0.15, 0.2) is 103 Å². The molecule has 1 saturated heterocycles. The average Bonchev–Trinajstić information content (AvgIpc) is 3.39. The highest BCUT2D eigenvalue weighted by Gasteiger charge is 2.26. The Morgan fingerprint density at radius 2 is 1.44 bits per heavy atom. The number of para-hydroxylation sites is 2. The van der Waals surface area contributed by atoms with Gasteiger partial charge in [-0.15, -0.1) is 0 Å². The maximum absolute atomic E-state index is 13.2. The normalized spacial score (nSPS) is 13.4. The number of ether oxygens (including phenoxy) is 2. The van der Waals surface area contributed by atoms with Crippen LogP contribution in [-0.2, 0) is 18.3 Å². The predicted octanol–water partition coefficient (Wildman–Crippen LogP) is 6.53. The molecule has 0 saturated carbocycles. The summed E-state index contributed by atoms with van der Waals surface area (Å²) < 4.78 is 14.1. The highest BCUT2D eigenvalue weighted by atomic mass is 16.5. The minimum absolute atomic E-state index is 0.0238. The molecule has 2 heterocycles. The topological polar surface area (TPSA) is 110 Å². The summed E-state index contributed by atoms with van der Waals surface area (Å²) in [5.41, 5.74) is 2.82. The lowest BCUT2D eigenvalue weighted by Crippen LogP contribution is -2.42. The number of carbonyl (C=O) groups excluding carboxylic acids is 2. The van der Waals surface area contributed by atoms with E-state index in [1.54, 1.807) is 42.5 Å². The molecule has 9 heteroatoms. The molecule has 5 aromatic rings. The number of carbonyl (C=O) groups is 3. The van der Waals surface area contributed by atoms with E-state index in [0.717, 1.165) is 35.1 Å². The number of anilines is 1. The number of piperidine rings is 1. The number of hydrogen-bond donors (Lipinski definition) is 2. The molecule has 45 heavy (non-hydrogen) atoms. The van der Waals surface area contributed by atoms with Crippen molar-refractivity contribution in [1.82, 2.24) is 9.47 Å². The number of nitrogens with one attached hydrogen (secondary N) is 1. The fourth-order valence-electron chi connectivity index (χ4n) is 5.58. The van der Waals surface area contributed by atoms with E-state index in [4.69, 9.17) is 9.47 Å². The predicted molar refractivity (Wildman–Crippen MR) is 171 cm³/mol. The largest absolute Gasteiger partial charge is 0.490 e. The molecular weight excluding hydrogens is 570 g/mol. The third kappa shape index (κ3) is 6.83. The molecule has 2 amide bonds. The Morgan fingerprint density at radius 3 is 2.13 bits per heavy atom. The number of rotatable bonds is 9. The fraction of sp³-hybridized carbons (Fsp3) is 0.194. The van der Waals surface area contributed by atoms with Gasteiger partial charge in [0, 0.05) is 43.9 Å². The van der Waals surface area contributed by atoms with E-state index in [-0.39, 0.29) is 35.6 Å². The van der Waals surface area contributed by atoms with Gasteiger partial charge in [-0.2, -0.15) is 0 Å². The Kier molecular flexibility index (Phi) is 8.50. The SMILES string of the molecule is Cn1c(C(=O)N2CCC(Oc3ccc(Oc4ccc(CC(=O)Nc5ccccc5C(=O)O)cc4)cc3)CC2)cc2ccccc21. The van der Waals surface area contributed by atoms with Crippen LogP contribution in [0.25, 0.3) is 10.9 Å². The van der Waals surface area contributed by atoms with Gasteiger partial charge in [0.05, 0.1) is 17.7 Å². The zero-order valence-electron chi connectivity index (χ0n) is 24.8. The van der Waals surface area contributed by atoms with Crippen molar-refractivity contribution in [2.75, 3.05) is 18.4 Å². The number of benzene rings is 4. The van der Waals surface area contributed by atoms with Crippen molar-refractivity contribution in [1.29, 1.82) is 0 Å². The van der Waals surface area contributed by atoms with Gasteiger partial charge < -0.3 is 29.4 Å². The molecule has 2 N–H and O–H groups in total. The van der Waals surface area contributed by atoms with Gasteiger partial charge in [-0.05, 0) is 66.2 Å². The zero-order valence-corrected chi connectivity index (χ0v) is 24.8. The molecule has 0 unspecified atom stereocenters. The molecule has 4 aromatic carbocycles. The van der Waals surface area contributed by atoms with Crippen LogP contribution >= 0.6 is 0 Å².